The Labute approximate surface area is 222 Å². The third-order valence-corrected chi connectivity index (χ3v) is 6.30. The van der Waals surface area contributed by atoms with Gasteiger partial charge in [-0.15, -0.1) is 0 Å². The second-order valence-electron chi connectivity index (χ2n) is 8.62. The first-order valence-corrected chi connectivity index (χ1v) is 12.4. The van der Waals surface area contributed by atoms with Crippen molar-refractivity contribution in [2.75, 3.05) is 0 Å². The first-order chi connectivity index (χ1) is 17.9. The molecule has 0 fully saturated rings. The number of rotatable bonds is 5. The van der Waals surface area contributed by atoms with Crippen molar-refractivity contribution in [1.29, 1.82) is 0 Å². The van der Waals surface area contributed by atoms with Gasteiger partial charge in [-0.3, -0.25) is 4.79 Å². The van der Waals surface area contributed by atoms with Crippen molar-refractivity contribution in [2.24, 2.45) is 5.10 Å². The van der Waals surface area contributed by atoms with E-state index in [9.17, 15) is 9.59 Å². The van der Waals surface area contributed by atoms with Gasteiger partial charge in [-0.05, 0) is 62.4 Å². The standard InChI is InChI=1S/C30H22BrN3O3/c1-19-10-12-21(13-11-19)30(36)37-27-15-14-24(31)17-23(27)18-32-34-28(22-7-5-6-20(2)16-22)33-26-9-4-3-8-25(26)29(34)35/h3-18H,1-2H3. The van der Waals surface area contributed by atoms with Gasteiger partial charge in [-0.25, -0.2) is 9.78 Å². The molecule has 0 bridgehead atoms. The molecule has 0 unspecified atom stereocenters. The van der Waals surface area contributed by atoms with Crippen molar-refractivity contribution >= 4 is 39.0 Å². The molecule has 37 heavy (non-hydrogen) atoms. The molecule has 0 atom stereocenters. The van der Waals surface area contributed by atoms with Crippen LogP contribution in [0.15, 0.2) is 105 Å². The zero-order chi connectivity index (χ0) is 25.9. The molecule has 0 radical (unpaired) electrons. The van der Waals surface area contributed by atoms with Crippen LogP contribution in [-0.2, 0) is 0 Å². The maximum absolute atomic E-state index is 13.5. The number of hydrogen-bond acceptors (Lipinski definition) is 5. The average Bonchev–Trinajstić information content (AvgIpc) is 2.89. The summed E-state index contributed by atoms with van der Waals surface area (Å²) in [5.41, 5.74) is 4.09. The monoisotopic (exact) mass is 551 g/mol. The van der Waals surface area contributed by atoms with E-state index in [2.05, 4.69) is 21.0 Å². The molecule has 4 aromatic carbocycles. The van der Waals surface area contributed by atoms with Gasteiger partial charge >= 0.3 is 5.97 Å². The van der Waals surface area contributed by atoms with Gasteiger partial charge < -0.3 is 4.74 Å². The summed E-state index contributed by atoms with van der Waals surface area (Å²) in [5.74, 6) is 0.246. The predicted octanol–water partition coefficient (Wildman–Crippen LogP) is 6.54. The molecule has 5 rings (SSSR count). The Hall–Kier alpha value is -4.36. The van der Waals surface area contributed by atoms with Crippen LogP contribution < -0.4 is 10.3 Å². The minimum Gasteiger partial charge on any atom is -0.422 e. The molecule has 5 aromatic rings. The normalized spacial score (nSPS) is 11.2. The number of esters is 1. The van der Waals surface area contributed by atoms with Gasteiger partial charge in [0.15, 0.2) is 5.82 Å². The van der Waals surface area contributed by atoms with Crippen LogP contribution in [0.1, 0.15) is 27.0 Å². The molecule has 0 amide bonds. The number of aromatic nitrogens is 2. The van der Waals surface area contributed by atoms with Gasteiger partial charge in [0.2, 0.25) is 0 Å². The number of ether oxygens (including phenoxy) is 1. The summed E-state index contributed by atoms with van der Waals surface area (Å²) in [5, 5.41) is 4.99. The molecular weight excluding hydrogens is 530 g/mol. The van der Waals surface area contributed by atoms with E-state index in [1.165, 1.54) is 10.9 Å². The summed E-state index contributed by atoms with van der Waals surface area (Å²) < 4.78 is 7.74. The number of aryl methyl sites for hydroxylation is 2. The van der Waals surface area contributed by atoms with Crippen molar-refractivity contribution in [1.82, 2.24) is 9.66 Å². The Morgan fingerprint density at radius 2 is 1.70 bits per heavy atom. The smallest absolute Gasteiger partial charge is 0.343 e. The summed E-state index contributed by atoms with van der Waals surface area (Å²) >= 11 is 3.46. The summed E-state index contributed by atoms with van der Waals surface area (Å²) in [6.07, 6.45) is 1.50. The van der Waals surface area contributed by atoms with E-state index in [1.807, 2.05) is 56.3 Å². The highest BCUT2D eigenvalue weighted by Crippen LogP contribution is 2.24. The maximum atomic E-state index is 13.5. The highest BCUT2D eigenvalue weighted by Gasteiger charge is 2.14. The maximum Gasteiger partial charge on any atom is 0.343 e. The summed E-state index contributed by atoms with van der Waals surface area (Å²) in [7, 11) is 0. The minimum absolute atomic E-state index is 0.299. The summed E-state index contributed by atoms with van der Waals surface area (Å²) in [6, 6.07) is 27.3. The van der Waals surface area contributed by atoms with Crippen LogP contribution in [-0.4, -0.2) is 21.8 Å². The van der Waals surface area contributed by atoms with Crippen LogP contribution in [0.5, 0.6) is 5.75 Å². The van der Waals surface area contributed by atoms with E-state index in [-0.39, 0.29) is 5.56 Å². The third-order valence-electron chi connectivity index (χ3n) is 5.80. The molecule has 0 N–H and O–H groups in total. The predicted molar refractivity (Wildman–Crippen MR) is 149 cm³/mol. The second kappa shape index (κ2) is 10.3. The lowest BCUT2D eigenvalue weighted by atomic mass is 10.1. The fourth-order valence-corrected chi connectivity index (χ4v) is 4.26. The molecule has 6 nitrogen and oxygen atoms in total. The van der Waals surface area contributed by atoms with E-state index >= 15 is 0 Å². The second-order valence-corrected chi connectivity index (χ2v) is 9.54. The number of carbonyl (C=O) groups excluding carboxylic acids is 1. The molecule has 1 aromatic heterocycles. The first kappa shape index (κ1) is 24.3. The highest BCUT2D eigenvalue weighted by atomic mass is 79.9. The van der Waals surface area contributed by atoms with Crippen LogP contribution in [0.25, 0.3) is 22.3 Å². The van der Waals surface area contributed by atoms with Crippen LogP contribution in [0.4, 0.5) is 0 Å². The molecular formula is C30H22BrN3O3. The van der Waals surface area contributed by atoms with E-state index < -0.39 is 5.97 Å². The number of fused-ring (bicyclic) bond motifs is 1. The third kappa shape index (κ3) is 5.27. The zero-order valence-corrected chi connectivity index (χ0v) is 21.8. The minimum atomic E-state index is -0.484. The van der Waals surface area contributed by atoms with E-state index in [4.69, 9.17) is 9.72 Å². The Bertz CT molecular complexity index is 1720. The lowest BCUT2D eigenvalue weighted by Gasteiger charge is -2.11. The lowest BCUT2D eigenvalue weighted by molar-refractivity contribution is 0.0734. The number of halogens is 1. The van der Waals surface area contributed by atoms with Gasteiger partial charge in [0.05, 0.1) is 22.7 Å². The van der Waals surface area contributed by atoms with Gasteiger partial charge in [0.1, 0.15) is 5.75 Å². The fraction of sp³-hybridized carbons (Fsp3) is 0.0667. The quantitative estimate of drug-likeness (QED) is 0.141. The Morgan fingerprint density at radius 1 is 0.919 bits per heavy atom. The first-order valence-electron chi connectivity index (χ1n) is 11.6. The Kier molecular flexibility index (Phi) is 6.79. The fourth-order valence-electron chi connectivity index (χ4n) is 3.88. The Balaban J connectivity index is 1.59. The molecule has 7 heteroatoms. The van der Waals surface area contributed by atoms with Crippen molar-refractivity contribution < 1.29 is 9.53 Å². The van der Waals surface area contributed by atoms with E-state index in [0.717, 1.165) is 21.2 Å². The van der Waals surface area contributed by atoms with Gasteiger partial charge in [0, 0.05) is 15.6 Å². The van der Waals surface area contributed by atoms with Gasteiger partial charge in [-0.2, -0.15) is 9.78 Å². The molecule has 0 saturated carbocycles. The zero-order valence-electron chi connectivity index (χ0n) is 20.2. The van der Waals surface area contributed by atoms with Crippen LogP contribution in [0.3, 0.4) is 0 Å². The van der Waals surface area contributed by atoms with E-state index in [1.54, 1.807) is 48.5 Å². The van der Waals surface area contributed by atoms with Crippen molar-refractivity contribution in [3.8, 4) is 17.1 Å². The van der Waals surface area contributed by atoms with E-state index in [0.29, 0.717) is 33.6 Å². The molecule has 0 aliphatic carbocycles. The molecule has 0 aliphatic heterocycles. The van der Waals surface area contributed by atoms with Crippen LogP contribution in [0.2, 0.25) is 0 Å². The Morgan fingerprint density at radius 3 is 2.49 bits per heavy atom. The molecule has 0 saturated heterocycles. The lowest BCUT2D eigenvalue weighted by Crippen LogP contribution is -2.20. The molecule has 0 aliphatic rings. The van der Waals surface area contributed by atoms with Gasteiger partial charge in [0.25, 0.3) is 5.56 Å². The number of carbonyl (C=O) groups is 1. The number of para-hydroxylation sites is 1. The van der Waals surface area contributed by atoms with Crippen LogP contribution >= 0.6 is 15.9 Å². The van der Waals surface area contributed by atoms with Crippen molar-refractivity contribution in [3.05, 3.63) is 128 Å². The number of hydrogen-bond donors (Lipinski definition) is 0. The average molecular weight is 552 g/mol. The largest absolute Gasteiger partial charge is 0.422 e. The topological polar surface area (TPSA) is 73.5 Å². The van der Waals surface area contributed by atoms with Crippen molar-refractivity contribution in [2.45, 2.75) is 13.8 Å². The number of benzene rings is 4. The molecule has 0 spiro atoms. The summed E-state index contributed by atoms with van der Waals surface area (Å²) in [6.45, 7) is 3.93. The van der Waals surface area contributed by atoms with Crippen molar-refractivity contribution in [3.63, 3.8) is 0 Å². The molecule has 182 valence electrons. The number of nitrogens with zero attached hydrogens (tertiary/aromatic N) is 3. The SMILES string of the molecule is Cc1ccc(C(=O)Oc2ccc(Br)cc2C=Nn2c(-c3cccc(C)c3)nc3ccccc3c2=O)cc1. The highest BCUT2D eigenvalue weighted by molar-refractivity contribution is 9.10. The van der Waals surface area contributed by atoms with Crippen LogP contribution in [0, 0.1) is 13.8 Å². The van der Waals surface area contributed by atoms with Gasteiger partial charge in [-0.1, -0.05) is 69.5 Å². The molecule has 1 heterocycles. The summed E-state index contributed by atoms with van der Waals surface area (Å²) in [4.78, 5) is 31.0.